The molecular weight excluding hydrogens is 256 g/mol. The summed E-state index contributed by atoms with van der Waals surface area (Å²) >= 11 is 0. The Morgan fingerprint density at radius 3 is 2.80 bits per heavy atom. The molecule has 1 heterocycles. The lowest BCUT2D eigenvalue weighted by Gasteiger charge is -2.17. The van der Waals surface area contributed by atoms with Crippen molar-refractivity contribution in [3.05, 3.63) is 48.4 Å². The highest BCUT2D eigenvalue weighted by molar-refractivity contribution is 5.81. The molecule has 0 atom stereocenters. The van der Waals surface area contributed by atoms with Gasteiger partial charge in [0.05, 0.1) is 32.1 Å². The van der Waals surface area contributed by atoms with Crippen LogP contribution in [-0.4, -0.2) is 31.5 Å². The second-order valence-corrected chi connectivity index (χ2v) is 4.38. The van der Waals surface area contributed by atoms with Gasteiger partial charge in [0.1, 0.15) is 11.5 Å². The van der Waals surface area contributed by atoms with Gasteiger partial charge in [0, 0.05) is 7.05 Å². The van der Waals surface area contributed by atoms with Gasteiger partial charge in [-0.25, -0.2) is 0 Å². The van der Waals surface area contributed by atoms with Gasteiger partial charge in [-0.2, -0.15) is 0 Å². The molecule has 0 radical (unpaired) electrons. The minimum atomic E-state index is -0.0210. The number of ether oxygens (including phenoxy) is 1. The number of benzene rings is 1. The van der Waals surface area contributed by atoms with Crippen molar-refractivity contribution in [2.75, 3.05) is 26.0 Å². The molecule has 0 aliphatic rings. The molecule has 1 N–H and O–H groups in total. The van der Waals surface area contributed by atoms with Crippen molar-refractivity contribution in [2.45, 2.75) is 6.54 Å². The lowest BCUT2D eigenvalue weighted by molar-refractivity contribution is -0.128. The molecule has 0 unspecified atom stereocenters. The maximum Gasteiger partial charge on any atom is 0.242 e. The molecule has 0 aliphatic carbocycles. The summed E-state index contributed by atoms with van der Waals surface area (Å²) in [6, 6.07) is 11.1. The van der Waals surface area contributed by atoms with Crippen LogP contribution < -0.4 is 10.1 Å². The second-order valence-electron chi connectivity index (χ2n) is 4.38. The summed E-state index contributed by atoms with van der Waals surface area (Å²) < 4.78 is 10.4. The Kier molecular flexibility index (Phi) is 4.65. The van der Waals surface area contributed by atoms with Crippen LogP contribution in [0.5, 0.6) is 5.75 Å². The molecule has 2 aromatic rings. The van der Waals surface area contributed by atoms with Crippen LogP contribution in [0.3, 0.4) is 0 Å². The predicted octanol–water partition coefficient (Wildman–Crippen LogP) is 2.36. The van der Waals surface area contributed by atoms with Crippen molar-refractivity contribution in [2.24, 2.45) is 0 Å². The summed E-state index contributed by atoms with van der Waals surface area (Å²) in [6.45, 7) is 0.664. The summed E-state index contributed by atoms with van der Waals surface area (Å²) in [6.07, 6.45) is 1.60. The highest BCUT2D eigenvalue weighted by atomic mass is 16.5. The Balaban J connectivity index is 1.88. The lowest BCUT2D eigenvalue weighted by atomic mass is 10.3. The van der Waals surface area contributed by atoms with Crippen LogP contribution in [0, 0.1) is 0 Å². The molecule has 0 spiro atoms. The summed E-state index contributed by atoms with van der Waals surface area (Å²) in [5.41, 5.74) is 0.801. The van der Waals surface area contributed by atoms with E-state index in [4.69, 9.17) is 9.15 Å². The fourth-order valence-corrected chi connectivity index (χ4v) is 1.82. The van der Waals surface area contributed by atoms with E-state index in [1.807, 2.05) is 30.3 Å². The summed E-state index contributed by atoms with van der Waals surface area (Å²) in [5.74, 6) is 1.46. The van der Waals surface area contributed by atoms with E-state index in [2.05, 4.69) is 5.32 Å². The fraction of sp³-hybridized carbons (Fsp3) is 0.267. The van der Waals surface area contributed by atoms with Crippen molar-refractivity contribution in [1.82, 2.24) is 4.90 Å². The number of nitrogens with one attached hydrogen (secondary N) is 1. The third-order valence-electron chi connectivity index (χ3n) is 2.94. The molecule has 1 aromatic carbocycles. The Bertz CT molecular complexity index is 552. The molecule has 5 nitrogen and oxygen atoms in total. The SMILES string of the molecule is COc1ccccc1NCC(=O)N(C)Cc1ccco1. The van der Waals surface area contributed by atoms with Crippen LogP contribution in [0.2, 0.25) is 0 Å². The van der Waals surface area contributed by atoms with Gasteiger partial charge in [-0.05, 0) is 24.3 Å². The number of amides is 1. The van der Waals surface area contributed by atoms with Crippen LogP contribution in [0.4, 0.5) is 5.69 Å². The minimum Gasteiger partial charge on any atom is -0.495 e. The van der Waals surface area contributed by atoms with Crippen LogP contribution in [0.25, 0.3) is 0 Å². The summed E-state index contributed by atoms with van der Waals surface area (Å²) in [5, 5.41) is 3.08. The normalized spacial score (nSPS) is 10.1. The largest absolute Gasteiger partial charge is 0.495 e. The highest BCUT2D eigenvalue weighted by Gasteiger charge is 2.11. The Morgan fingerprint density at radius 2 is 2.10 bits per heavy atom. The van der Waals surface area contributed by atoms with Crippen molar-refractivity contribution in [1.29, 1.82) is 0 Å². The first-order chi connectivity index (χ1) is 9.70. The van der Waals surface area contributed by atoms with Crippen LogP contribution in [-0.2, 0) is 11.3 Å². The number of hydrogen-bond acceptors (Lipinski definition) is 4. The standard InChI is InChI=1S/C15H18N2O3/c1-17(11-12-6-5-9-20-12)15(18)10-16-13-7-3-4-8-14(13)19-2/h3-9,16H,10-11H2,1-2H3. The van der Waals surface area contributed by atoms with Crippen LogP contribution >= 0.6 is 0 Å². The number of nitrogens with zero attached hydrogens (tertiary/aromatic N) is 1. The monoisotopic (exact) mass is 274 g/mol. The third-order valence-corrected chi connectivity index (χ3v) is 2.94. The molecule has 5 heteroatoms. The number of para-hydroxylation sites is 2. The molecule has 106 valence electrons. The van der Waals surface area contributed by atoms with E-state index in [9.17, 15) is 4.79 Å². The van der Waals surface area contributed by atoms with Crippen molar-refractivity contribution >= 4 is 11.6 Å². The first-order valence-corrected chi connectivity index (χ1v) is 6.34. The lowest BCUT2D eigenvalue weighted by Crippen LogP contribution is -2.31. The summed E-state index contributed by atoms with van der Waals surface area (Å²) in [7, 11) is 3.35. The molecule has 1 amide bonds. The molecule has 20 heavy (non-hydrogen) atoms. The summed E-state index contributed by atoms with van der Waals surface area (Å²) in [4.78, 5) is 13.6. The molecule has 0 fully saturated rings. The zero-order chi connectivity index (χ0) is 14.4. The number of hydrogen-bond donors (Lipinski definition) is 1. The van der Waals surface area contributed by atoms with E-state index < -0.39 is 0 Å². The quantitative estimate of drug-likeness (QED) is 0.878. The Hall–Kier alpha value is -2.43. The molecule has 1 aromatic heterocycles. The van der Waals surface area contributed by atoms with E-state index in [-0.39, 0.29) is 12.5 Å². The molecule has 0 saturated carbocycles. The van der Waals surface area contributed by atoms with Gasteiger partial charge in [-0.1, -0.05) is 12.1 Å². The van der Waals surface area contributed by atoms with E-state index in [1.165, 1.54) is 0 Å². The van der Waals surface area contributed by atoms with E-state index in [0.29, 0.717) is 12.3 Å². The number of likely N-dealkylation sites (N-methyl/N-ethyl adjacent to an activating group) is 1. The van der Waals surface area contributed by atoms with E-state index in [1.54, 1.807) is 31.4 Å². The maximum atomic E-state index is 12.0. The molecule has 0 saturated heterocycles. The van der Waals surface area contributed by atoms with Crippen molar-refractivity contribution in [3.63, 3.8) is 0 Å². The molecular formula is C15H18N2O3. The molecule has 2 rings (SSSR count). The number of carbonyl (C=O) groups is 1. The smallest absolute Gasteiger partial charge is 0.242 e. The first kappa shape index (κ1) is 14.0. The zero-order valence-corrected chi connectivity index (χ0v) is 11.6. The average molecular weight is 274 g/mol. The average Bonchev–Trinajstić information content (AvgIpc) is 2.97. The van der Waals surface area contributed by atoms with Crippen molar-refractivity contribution in [3.8, 4) is 5.75 Å². The van der Waals surface area contributed by atoms with Gasteiger partial charge in [-0.15, -0.1) is 0 Å². The van der Waals surface area contributed by atoms with Gasteiger partial charge >= 0.3 is 0 Å². The number of furan rings is 1. The van der Waals surface area contributed by atoms with Gasteiger partial charge in [0.25, 0.3) is 0 Å². The van der Waals surface area contributed by atoms with E-state index >= 15 is 0 Å². The van der Waals surface area contributed by atoms with Gasteiger partial charge < -0.3 is 19.4 Å². The van der Waals surface area contributed by atoms with Gasteiger partial charge in [0.15, 0.2) is 0 Å². The highest BCUT2D eigenvalue weighted by Crippen LogP contribution is 2.22. The van der Waals surface area contributed by atoms with Gasteiger partial charge in [0.2, 0.25) is 5.91 Å². The maximum absolute atomic E-state index is 12.0. The van der Waals surface area contributed by atoms with Crippen molar-refractivity contribution < 1.29 is 13.9 Å². The first-order valence-electron chi connectivity index (χ1n) is 6.34. The topological polar surface area (TPSA) is 54.7 Å². The van der Waals surface area contributed by atoms with Crippen LogP contribution in [0.1, 0.15) is 5.76 Å². The second kappa shape index (κ2) is 6.65. The molecule has 0 aliphatic heterocycles. The number of carbonyl (C=O) groups excluding carboxylic acids is 1. The van der Waals surface area contributed by atoms with E-state index in [0.717, 1.165) is 11.4 Å². The number of anilines is 1. The van der Waals surface area contributed by atoms with Crippen LogP contribution in [0.15, 0.2) is 47.1 Å². The predicted molar refractivity (Wildman–Crippen MR) is 76.7 cm³/mol. The molecule has 0 bridgehead atoms. The Morgan fingerprint density at radius 1 is 1.30 bits per heavy atom. The van der Waals surface area contributed by atoms with Gasteiger partial charge in [-0.3, -0.25) is 4.79 Å². The fourth-order valence-electron chi connectivity index (χ4n) is 1.82. The number of rotatable bonds is 6. The number of methoxy groups -OCH3 is 1. The zero-order valence-electron chi connectivity index (χ0n) is 11.6. The minimum absolute atomic E-state index is 0.0210. The Labute approximate surface area is 118 Å². The third kappa shape index (κ3) is 3.54.